The van der Waals surface area contributed by atoms with Crippen molar-refractivity contribution >= 4 is 5.97 Å². The summed E-state index contributed by atoms with van der Waals surface area (Å²) in [5.74, 6) is -0.497. The number of hydrogen-bond donors (Lipinski definition) is 0. The van der Waals surface area contributed by atoms with E-state index < -0.39 is 18.2 Å². The van der Waals surface area contributed by atoms with Gasteiger partial charge in [-0.05, 0) is 25.5 Å². The van der Waals surface area contributed by atoms with Crippen molar-refractivity contribution in [2.45, 2.75) is 25.6 Å². The molecule has 0 aliphatic carbocycles. The Morgan fingerprint density at radius 1 is 1.30 bits per heavy atom. The zero-order chi connectivity index (χ0) is 15.0. The lowest BCUT2D eigenvalue weighted by molar-refractivity contribution is -0.0313. The second-order valence-electron chi connectivity index (χ2n) is 4.56. The van der Waals surface area contributed by atoms with Crippen molar-refractivity contribution < 1.29 is 14.3 Å². The van der Waals surface area contributed by atoms with Gasteiger partial charge in [-0.25, -0.2) is 4.79 Å². The second-order valence-corrected chi connectivity index (χ2v) is 4.56. The first kappa shape index (κ1) is 16.0. The van der Waals surface area contributed by atoms with Crippen molar-refractivity contribution in [3.63, 3.8) is 0 Å². The van der Waals surface area contributed by atoms with Gasteiger partial charge in [-0.2, -0.15) is 4.91 Å². The minimum absolute atomic E-state index is 0.148. The maximum atomic E-state index is 12.0. The molecule has 0 heterocycles. The average Bonchev–Trinajstić information content (AvgIpc) is 2.45. The predicted molar refractivity (Wildman–Crippen MR) is 76.5 cm³/mol. The third-order valence-electron chi connectivity index (χ3n) is 2.79. The van der Waals surface area contributed by atoms with E-state index >= 15 is 0 Å². The van der Waals surface area contributed by atoms with Crippen LogP contribution in [0.1, 0.15) is 23.7 Å². The van der Waals surface area contributed by atoms with Crippen molar-refractivity contribution in [3.8, 4) is 0 Å². The minimum atomic E-state index is -0.720. The van der Waals surface area contributed by atoms with Crippen LogP contribution in [0.25, 0.3) is 0 Å². The molecule has 0 amide bonds. The third-order valence-corrected chi connectivity index (χ3v) is 2.79. The molecule has 0 radical (unpaired) electrons. The van der Waals surface area contributed by atoms with E-state index in [1.807, 2.05) is 6.92 Å². The zero-order valence-corrected chi connectivity index (χ0v) is 11.7. The van der Waals surface area contributed by atoms with E-state index in [1.165, 1.54) is 7.11 Å². The number of hydrogen-bond acceptors (Lipinski definition) is 5. The number of esters is 1. The molecule has 0 bridgehead atoms. The maximum Gasteiger partial charge on any atom is 0.338 e. The van der Waals surface area contributed by atoms with Crippen LogP contribution in [0.5, 0.6) is 0 Å². The molecule has 5 nitrogen and oxygen atoms in total. The second kappa shape index (κ2) is 8.22. The number of ether oxygens (including phenoxy) is 2. The third kappa shape index (κ3) is 4.93. The van der Waals surface area contributed by atoms with Crippen LogP contribution in [0.2, 0.25) is 0 Å². The van der Waals surface area contributed by atoms with Gasteiger partial charge in [0.2, 0.25) is 0 Å². The molecule has 2 atom stereocenters. The van der Waals surface area contributed by atoms with Crippen LogP contribution < -0.4 is 0 Å². The van der Waals surface area contributed by atoms with Gasteiger partial charge >= 0.3 is 5.97 Å². The normalized spacial score (nSPS) is 13.3. The van der Waals surface area contributed by atoms with Crippen LogP contribution in [0.3, 0.4) is 0 Å². The fraction of sp³-hybridized carbons (Fsp3) is 0.400. The molecular weight excluding hydrogens is 258 g/mol. The SMILES string of the molecule is C=C(C)CC(OC)C(CN=O)OC(=O)c1ccccc1. The molecule has 0 aromatic heterocycles. The number of carbonyl (C=O) groups excluding carboxylic acids is 1. The summed E-state index contributed by atoms with van der Waals surface area (Å²) >= 11 is 0. The molecule has 1 aromatic rings. The summed E-state index contributed by atoms with van der Waals surface area (Å²) < 4.78 is 10.6. The Bertz CT molecular complexity index is 458. The first-order valence-corrected chi connectivity index (χ1v) is 6.30. The monoisotopic (exact) mass is 277 g/mol. The summed E-state index contributed by atoms with van der Waals surface area (Å²) in [6.07, 6.45) is -0.654. The Hall–Kier alpha value is -2.01. The van der Waals surface area contributed by atoms with Crippen molar-refractivity contribution in [3.05, 3.63) is 53.0 Å². The highest BCUT2D eigenvalue weighted by Gasteiger charge is 2.26. The van der Waals surface area contributed by atoms with Crippen LogP contribution in [-0.2, 0) is 9.47 Å². The fourth-order valence-corrected chi connectivity index (χ4v) is 1.79. The Labute approximate surface area is 118 Å². The highest BCUT2D eigenvalue weighted by atomic mass is 16.6. The van der Waals surface area contributed by atoms with E-state index in [9.17, 15) is 9.70 Å². The van der Waals surface area contributed by atoms with Gasteiger partial charge in [0, 0.05) is 7.11 Å². The van der Waals surface area contributed by atoms with Crippen LogP contribution in [0.15, 0.2) is 47.7 Å². The van der Waals surface area contributed by atoms with E-state index in [4.69, 9.17) is 9.47 Å². The number of rotatable bonds is 8. The molecule has 2 unspecified atom stereocenters. The lowest BCUT2D eigenvalue weighted by Gasteiger charge is -2.24. The molecule has 0 fully saturated rings. The van der Waals surface area contributed by atoms with Gasteiger partial charge in [0.05, 0.1) is 11.7 Å². The molecule has 5 heteroatoms. The van der Waals surface area contributed by atoms with E-state index in [0.29, 0.717) is 12.0 Å². The van der Waals surface area contributed by atoms with Crippen LogP contribution in [0, 0.1) is 4.91 Å². The van der Waals surface area contributed by atoms with E-state index in [0.717, 1.165) is 5.57 Å². The largest absolute Gasteiger partial charge is 0.454 e. The number of benzene rings is 1. The van der Waals surface area contributed by atoms with Gasteiger partial charge in [-0.15, -0.1) is 6.58 Å². The molecule has 0 N–H and O–H groups in total. The number of nitroso groups, excluding NO2 is 1. The number of nitrogens with zero attached hydrogens (tertiary/aromatic N) is 1. The molecule has 1 rings (SSSR count). The minimum Gasteiger partial charge on any atom is -0.454 e. The average molecular weight is 277 g/mol. The summed E-state index contributed by atoms with van der Waals surface area (Å²) in [7, 11) is 1.50. The molecule has 0 saturated heterocycles. The van der Waals surface area contributed by atoms with Crippen molar-refractivity contribution in [2.75, 3.05) is 13.7 Å². The Morgan fingerprint density at radius 3 is 2.45 bits per heavy atom. The summed E-state index contributed by atoms with van der Waals surface area (Å²) in [5.41, 5.74) is 1.30. The topological polar surface area (TPSA) is 65.0 Å². The Kier molecular flexibility index (Phi) is 6.59. The van der Waals surface area contributed by atoms with Gasteiger partial charge in [0.25, 0.3) is 0 Å². The molecule has 0 aliphatic rings. The highest BCUT2D eigenvalue weighted by Crippen LogP contribution is 2.15. The zero-order valence-electron chi connectivity index (χ0n) is 11.7. The summed E-state index contributed by atoms with van der Waals surface area (Å²) in [6, 6.07) is 8.58. The van der Waals surface area contributed by atoms with Crippen molar-refractivity contribution in [1.29, 1.82) is 0 Å². The summed E-state index contributed by atoms with van der Waals surface area (Å²) in [6.45, 7) is 5.49. The predicted octanol–water partition coefficient (Wildman–Crippen LogP) is 2.96. The first-order valence-electron chi connectivity index (χ1n) is 6.30. The molecule has 0 spiro atoms. The first-order chi connectivity index (χ1) is 9.58. The van der Waals surface area contributed by atoms with Gasteiger partial charge in [0.15, 0.2) is 6.10 Å². The standard InChI is InChI=1S/C15H19NO4/c1-11(2)9-13(19-3)14(10-16-18)20-15(17)12-7-5-4-6-8-12/h4-8,13-14H,1,9-10H2,2-3H3. The fourth-order valence-electron chi connectivity index (χ4n) is 1.79. The van der Waals surface area contributed by atoms with Gasteiger partial charge in [-0.1, -0.05) is 28.9 Å². The van der Waals surface area contributed by atoms with Gasteiger partial charge < -0.3 is 9.47 Å². The Balaban J connectivity index is 2.77. The van der Waals surface area contributed by atoms with Crippen molar-refractivity contribution in [2.24, 2.45) is 5.18 Å². The smallest absolute Gasteiger partial charge is 0.338 e. The highest BCUT2D eigenvalue weighted by molar-refractivity contribution is 5.89. The quantitative estimate of drug-likeness (QED) is 0.416. The summed E-state index contributed by atoms with van der Waals surface area (Å²) in [5, 5.41) is 2.82. The Morgan fingerprint density at radius 2 is 1.95 bits per heavy atom. The molecular formula is C15H19NO4. The lowest BCUT2D eigenvalue weighted by atomic mass is 10.1. The lowest BCUT2D eigenvalue weighted by Crippen LogP contribution is -2.35. The van der Waals surface area contributed by atoms with Crippen molar-refractivity contribution in [1.82, 2.24) is 0 Å². The van der Waals surface area contributed by atoms with Gasteiger partial charge in [-0.3, -0.25) is 0 Å². The van der Waals surface area contributed by atoms with Crippen LogP contribution >= 0.6 is 0 Å². The maximum absolute atomic E-state index is 12.0. The number of carbonyl (C=O) groups is 1. The van der Waals surface area contributed by atoms with Crippen LogP contribution in [0.4, 0.5) is 0 Å². The van der Waals surface area contributed by atoms with E-state index in [2.05, 4.69) is 11.8 Å². The molecule has 108 valence electrons. The van der Waals surface area contributed by atoms with Crippen LogP contribution in [-0.4, -0.2) is 31.8 Å². The molecule has 20 heavy (non-hydrogen) atoms. The molecule has 0 saturated carbocycles. The molecule has 1 aromatic carbocycles. The number of methoxy groups -OCH3 is 1. The summed E-state index contributed by atoms with van der Waals surface area (Å²) in [4.78, 5) is 22.5. The van der Waals surface area contributed by atoms with E-state index in [1.54, 1.807) is 30.3 Å². The van der Waals surface area contributed by atoms with E-state index in [-0.39, 0.29) is 6.54 Å². The van der Waals surface area contributed by atoms with Gasteiger partial charge in [0.1, 0.15) is 6.54 Å². The molecule has 0 aliphatic heterocycles.